The normalized spacial score (nSPS) is 11.3. The van der Waals surface area contributed by atoms with Gasteiger partial charge in [0.2, 0.25) is 0 Å². The highest BCUT2D eigenvalue weighted by atomic mass is 16.5. The third kappa shape index (κ3) is 4.48. The van der Waals surface area contributed by atoms with Crippen LogP contribution in [0.5, 0.6) is 11.5 Å². The third-order valence-electron chi connectivity index (χ3n) is 4.58. The van der Waals surface area contributed by atoms with Crippen LogP contribution in [0.3, 0.4) is 0 Å². The number of fused-ring (bicyclic) bond motifs is 1. The summed E-state index contributed by atoms with van der Waals surface area (Å²) >= 11 is 0. The van der Waals surface area contributed by atoms with Crippen LogP contribution in [0.25, 0.3) is 10.8 Å². The van der Waals surface area contributed by atoms with E-state index in [0.717, 1.165) is 11.6 Å². The highest BCUT2D eigenvalue weighted by molar-refractivity contribution is 6.04. The fourth-order valence-corrected chi connectivity index (χ4v) is 2.96. The van der Waals surface area contributed by atoms with Crippen LogP contribution < -0.4 is 5.32 Å². The topological polar surface area (TPSA) is 95.9 Å². The van der Waals surface area contributed by atoms with E-state index in [1.165, 1.54) is 0 Å². The molecule has 150 valence electrons. The van der Waals surface area contributed by atoms with Crippen LogP contribution in [-0.2, 0) is 14.9 Å². The Morgan fingerprint density at radius 2 is 1.59 bits per heavy atom. The molecule has 0 aromatic heterocycles. The summed E-state index contributed by atoms with van der Waals surface area (Å²) in [6, 6.07) is 15.1. The minimum Gasteiger partial charge on any atom is -0.507 e. The molecule has 0 aliphatic rings. The molecule has 6 nitrogen and oxygen atoms in total. The lowest BCUT2D eigenvalue weighted by molar-refractivity contribution is -0.119. The number of hydrogen-bond acceptors (Lipinski definition) is 5. The van der Waals surface area contributed by atoms with Crippen molar-refractivity contribution in [2.45, 2.75) is 26.2 Å². The molecule has 29 heavy (non-hydrogen) atoms. The molecule has 0 fully saturated rings. The molecule has 0 bridgehead atoms. The SMILES string of the molecule is CC(C)(C)c1ccc(NC(=O)COC(=O)c2cc(O)c3ccccc3c2O)cc1. The second kappa shape index (κ2) is 7.83. The Balaban J connectivity index is 1.66. The smallest absolute Gasteiger partial charge is 0.342 e. The van der Waals surface area contributed by atoms with Crippen LogP contribution in [0.2, 0.25) is 0 Å². The summed E-state index contributed by atoms with van der Waals surface area (Å²) in [5, 5.41) is 23.8. The first kappa shape index (κ1) is 20.2. The number of benzene rings is 3. The molecule has 3 aromatic carbocycles. The molecule has 0 saturated heterocycles. The van der Waals surface area contributed by atoms with E-state index in [2.05, 4.69) is 26.1 Å². The van der Waals surface area contributed by atoms with E-state index >= 15 is 0 Å². The van der Waals surface area contributed by atoms with Crippen molar-refractivity contribution in [3.8, 4) is 11.5 Å². The predicted octanol–water partition coefficient (Wildman–Crippen LogP) is 4.34. The number of ether oxygens (including phenoxy) is 1. The maximum Gasteiger partial charge on any atom is 0.342 e. The molecule has 0 aliphatic heterocycles. The van der Waals surface area contributed by atoms with E-state index in [-0.39, 0.29) is 22.5 Å². The largest absolute Gasteiger partial charge is 0.507 e. The number of amides is 1. The van der Waals surface area contributed by atoms with Crippen molar-refractivity contribution in [1.29, 1.82) is 0 Å². The lowest BCUT2D eigenvalue weighted by atomic mass is 9.87. The molecule has 1 amide bonds. The maximum atomic E-state index is 12.3. The molecule has 0 aliphatic carbocycles. The average molecular weight is 393 g/mol. The molecule has 6 heteroatoms. The van der Waals surface area contributed by atoms with Crippen LogP contribution in [0.15, 0.2) is 54.6 Å². The third-order valence-corrected chi connectivity index (χ3v) is 4.58. The summed E-state index contributed by atoms with van der Waals surface area (Å²) in [4.78, 5) is 24.4. The van der Waals surface area contributed by atoms with Crippen molar-refractivity contribution in [3.05, 3.63) is 65.7 Å². The number of carbonyl (C=O) groups is 2. The zero-order chi connectivity index (χ0) is 21.2. The number of carbonyl (C=O) groups excluding carboxylic acids is 2. The van der Waals surface area contributed by atoms with Gasteiger partial charge in [-0.1, -0.05) is 57.2 Å². The number of anilines is 1. The van der Waals surface area contributed by atoms with E-state index < -0.39 is 18.5 Å². The fourth-order valence-electron chi connectivity index (χ4n) is 2.96. The van der Waals surface area contributed by atoms with Gasteiger partial charge >= 0.3 is 5.97 Å². The van der Waals surface area contributed by atoms with Crippen LogP contribution in [0.4, 0.5) is 5.69 Å². The van der Waals surface area contributed by atoms with Crippen LogP contribution >= 0.6 is 0 Å². The lowest BCUT2D eigenvalue weighted by Crippen LogP contribution is -2.21. The van der Waals surface area contributed by atoms with Gasteiger partial charge in [0.15, 0.2) is 6.61 Å². The molecular weight excluding hydrogens is 370 g/mol. The average Bonchev–Trinajstić information content (AvgIpc) is 2.68. The Morgan fingerprint density at radius 1 is 0.966 bits per heavy atom. The summed E-state index contributed by atoms with van der Waals surface area (Å²) in [5.41, 5.74) is 1.52. The number of aromatic hydroxyl groups is 2. The standard InChI is InChI=1S/C23H23NO5/c1-23(2,3)14-8-10-15(11-9-14)24-20(26)13-29-22(28)18-12-19(25)16-6-4-5-7-17(16)21(18)27/h4-12,25,27H,13H2,1-3H3,(H,24,26). The number of rotatable bonds is 4. The van der Waals surface area contributed by atoms with Gasteiger partial charge in [0.1, 0.15) is 17.1 Å². The number of esters is 1. The van der Waals surface area contributed by atoms with Crippen molar-refractivity contribution < 1.29 is 24.5 Å². The molecule has 0 saturated carbocycles. The second-order valence-corrected chi connectivity index (χ2v) is 7.79. The monoisotopic (exact) mass is 393 g/mol. The Bertz CT molecular complexity index is 1070. The van der Waals surface area contributed by atoms with Crippen molar-refractivity contribution >= 4 is 28.3 Å². The van der Waals surface area contributed by atoms with E-state index in [1.807, 2.05) is 12.1 Å². The number of phenolic OH excluding ortho intramolecular Hbond substituents is 2. The van der Waals surface area contributed by atoms with Gasteiger partial charge in [-0.25, -0.2) is 4.79 Å². The lowest BCUT2D eigenvalue weighted by Gasteiger charge is -2.19. The Labute approximate surface area is 168 Å². The van der Waals surface area contributed by atoms with Gasteiger partial charge < -0.3 is 20.3 Å². The van der Waals surface area contributed by atoms with Gasteiger partial charge in [-0.15, -0.1) is 0 Å². The molecular formula is C23H23NO5. The molecule has 0 heterocycles. The van der Waals surface area contributed by atoms with Gasteiger partial charge in [-0.05, 0) is 29.2 Å². The van der Waals surface area contributed by atoms with E-state index in [1.54, 1.807) is 36.4 Å². The number of nitrogens with one attached hydrogen (secondary N) is 1. The first-order valence-electron chi connectivity index (χ1n) is 9.18. The molecule has 0 radical (unpaired) electrons. The van der Waals surface area contributed by atoms with Crippen molar-refractivity contribution in [3.63, 3.8) is 0 Å². The summed E-state index contributed by atoms with van der Waals surface area (Å²) in [6.07, 6.45) is 0. The zero-order valence-corrected chi connectivity index (χ0v) is 16.5. The molecule has 0 unspecified atom stereocenters. The van der Waals surface area contributed by atoms with Crippen molar-refractivity contribution in [2.24, 2.45) is 0 Å². The maximum absolute atomic E-state index is 12.3. The Kier molecular flexibility index (Phi) is 5.46. The highest BCUT2D eigenvalue weighted by Gasteiger charge is 2.19. The van der Waals surface area contributed by atoms with Crippen molar-refractivity contribution in [1.82, 2.24) is 0 Å². The summed E-state index contributed by atoms with van der Waals surface area (Å²) < 4.78 is 5.00. The number of phenols is 2. The van der Waals surface area contributed by atoms with Crippen LogP contribution in [0, 0.1) is 0 Å². The molecule has 3 aromatic rings. The van der Waals surface area contributed by atoms with Gasteiger partial charge in [0.05, 0.1) is 0 Å². The summed E-state index contributed by atoms with van der Waals surface area (Å²) in [6.45, 7) is 5.77. The quantitative estimate of drug-likeness (QED) is 0.453. The van der Waals surface area contributed by atoms with Crippen LogP contribution in [-0.4, -0.2) is 28.7 Å². The molecule has 3 N–H and O–H groups in total. The van der Waals surface area contributed by atoms with Crippen LogP contribution in [0.1, 0.15) is 36.7 Å². The number of hydrogen-bond donors (Lipinski definition) is 3. The predicted molar refractivity (Wildman–Crippen MR) is 111 cm³/mol. The van der Waals surface area contributed by atoms with E-state index in [4.69, 9.17) is 4.74 Å². The Morgan fingerprint density at radius 3 is 2.21 bits per heavy atom. The van der Waals surface area contributed by atoms with E-state index in [0.29, 0.717) is 16.5 Å². The molecule has 0 spiro atoms. The summed E-state index contributed by atoms with van der Waals surface area (Å²) in [5.74, 6) is -1.87. The first-order chi connectivity index (χ1) is 13.7. The first-order valence-corrected chi connectivity index (χ1v) is 9.18. The zero-order valence-electron chi connectivity index (χ0n) is 16.5. The van der Waals surface area contributed by atoms with Crippen molar-refractivity contribution in [2.75, 3.05) is 11.9 Å². The fraction of sp³-hybridized carbons (Fsp3) is 0.217. The minimum atomic E-state index is -0.901. The van der Waals surface area contributed by atoms with Gasteiger partial charge in [-0.2, -0.15) is 0 Å². The van der Waals surface area contributed by atoms with Gasteiger partial charge in [0, 0.05) is 16.5 Å². The minimum absolute atomic E-state index is 0.00544. The second-order valence-electron chi connectivity index (χ2n) is 7.79. The molecule has 0 atom stereocenters. The highest BCUT2D eigenvalue weighted by Crippen LogP contribution is 2.35. The van der Waals surface area contributed by atoms with E-state index in [9.17, 15) is 19.8 Å². The molecule has 3 rings (SSSR count). The summed E-state index contributed by atoms with van der Waals surface area (Å²) in [7, 11) is 0. The van der Waals surface area contributed by atoms with Gasteiger partial charge in [0.25, 0.3) is 5.91 Å². The van der Waals surface area contributed by atoms with Gasteiger partial charge in [-0.3, -0.25) is 4.79 Å². The Hall–Kier alpha value is -3.54.